The van der Waals surface area contributed by atoms with Crippen molar-refractivity contribution in [2.24, 2.45) is 0 Å². The van der Waals surface area contributed by atoms with Crippen molar-refractivity contribution in [1.29, 1.82) is 5.26 Å². The Labute approximate surface area is 234 Å². The molecule has 1 fully saturated rings. The van der Waals surface area contributed by atoms with Crippen LogP contribution in [0, 0.1) is 17.1 Å². The molecule has 40 heavy (non-hydrogen) atoms. The van der Waals surface area contributed by atoms with Gasteiger partial charge in [-0.3, -0.25) is 0 Å². The maximum Gasteiger partial charge on any atom is 0.410 e. The van der Waals surface area contributed by atoms with Crippen LogP contribution in [0.5, 0.6) is 5.75 Å². The number of carbonyl (C=O) groups excluding carboxylic acids is 1. The lowest BCUT2D eigenvalue weighted by molar-refractivity contribution is 0.0145. The number of nitriles is 1. The minimum absolute atomic E-state index is 0.0285. The van der Waals surface area contributed by atoms with Crippen molar-refractivity contribution in [2.45, 2.75) is 38.8 Å². The van der Waals surface area contributed by atoms with Gasteiger partial charge in [0.25, 0.3) is 0 Å². The number of H-pyrrole nitrogens is 1. The molecule has 4 aromatic rings. The highest BCUT2D eigenvalue weighted by Gasteiger charge is 2.35. The third-order valence-electron chi connectivity index (χ3n) is 6.75. The van der Waals surface area contributed by atoms with E-state index in [0.717, 1.165) is 0 Å². The number of halogens is 2. The fraction of sp³-hybridized carbons (Fsp3) is 0.310. The van der Waals surface area contributed by atoms with Crippen molar-refractivity contribution in [3.8, 4) is 22.9 Å². The monoisotopic (exact) mass is 563 g/mol. The molecule has 0 spiro atoms. The molecule has 206 valence electrons. The Kier molecular flexibility index (Phi) is 7.02. The molecule has 0 aliphatic carbocycles. The third kappa shape index (κ3) is 5.12. The second-order valence-electron chi connectivity index (χ2n) is 10.7. The summed E-state index contributed by atoms with van der Waals surface area (Å²) < 4.78 is 21.7. The number of phenols is 1. The Hall–Kier alpha value is -4.36. The average Bonchev–Trinajstić information content (AvgIpc) is 2.88. The van der Waals surface area contributed by atoms with Crippen LogP contribution in [-0.2, 0) is 4.74 Å². The average molecular weight is 564 g/mol. The second-order valence-corrected chi connectivity index (χ2v) is 11.1. The van der Waals surface area contributed by atoms with Crippen LogP contribution in [0.3, 0.4) is 0 Å². The predicted octanol–water partition coefficient (Wildman–Crippen LogP) is 5.58. The van der Waals surface area contributed by atoms with Crippen LogP contribution in [0.2, 0.25) is 5.02 Å². The largest absolute Gasteiger partial charge is 0.508 e. The number of hydrogen-bond acceptors (Lipinski definition) is 7. The molecule has 1 aliphatic heterocycles. The third-order valence-corrected chi connectivity index (χ3v) is 7.05. The van der Waals surface area contributed by atoms with Gasteiger partial charge in [0.2, 0.25) is 0 Å². The number of fused-ring (bicyclic) bond motifs is 2. The van der Waals surface area contributed by atoms with Crippen LogP contribution < -0.4 is 10.6 Å². The zero-order valence-corrected chi connectivity index (χ0v) is 22.9. The Morgan fingerprint density at radius 2 is 2.00 bits per heavy atom. The molecule has 2 heterocycles. The molecule has 0 bridgehead atoms. The summed E-state index contributed by atoms with van der Waals surface area (Å²) in [6.07, 6.45) is -0.506. The number of aromatic nitrogens is 2. The van der Waals surface area contributed by atoms with Crippen molar-refractivity contribution < 1.29 is 19.0 Å². The molecule has 1 atom stereocenters. The van der Waals surface area contributed by atoms with E-state index in [1.807, 2.05) is 6.07 Å². The molecular weight excluding hydrogens is 537 g/mol. The normalized spacial score (nSPS) is 15.8. The van der Waals surface area contributed by atoms with Crippen molar-refractivity contribution in [3.05, 3.63) is 63.8 Å². The SMILES string of the molecule is CC(C)(C)OC(=O)N1CCN(c2nc(=O)[nH]c3c(F)c(-c4cc(O)cc5ccccc45)c(Cl)cc23)C[C@@H]1CC#N. The summed E-state index contributed by atoms with van der Waals surface area (Å²) in [7, 11) is 0. The zero-order chi connectivity index (χ0) is 28.8. The minimum atomic E-state index is -0.764. The number of hydrogen-bond donors (Lipinski definition) is 2. The number of nitrogens with one attached hydrogen (secondary N) is 1. The molecule has 1 aromatic heterocycles. The van der Waals surface area contributed by atoms with E-state index >= 15 is 4.39 Å². The lowest BCUT2D eigenvalue weighted by Gasteiger charge is -2.41. The van der Waals surface area contributed by atoms with E-state index in [4.69, 9.17) is 16.3 Å². The van der Waals surface area contributed by atoms with Crippen LogP contribution >= 0.6 is 11.6 Å². The minimum Gasteiger partial charge on any atom is -0.508 e. The molecule has 0 saturated carbocycles. The Bertz CT molecular complexity index is 1740. The topological polar surface area (TPSA) is 123 Å². The molecule has 2 N–H and O–H groups in total. The summed E-state index contributed by atoms with van der Waals surface area (Å²) in [6.45, 7) is 5.94. The molecular formula is C29H27ClFN5O4. The summed E-state index contributed by atoms with van der Waals surface area (Å²) in [5.74, 6) is -0.627. The van der Waals surface area contributed by atoms with E-state index in [0.29, 0.717) is 16.3 Å². The van der Waals surface area contributed by atoms with Gasteiger partial charge in [-0.05, 0) is 55.3 Å². The van der Waals surface area contributed by atoms with Gasteiger partial charge in [0, 0.05) is 30.6 Å². The van der Waals surface area contributed by atoms with Crippen LogP contribution in [0.4, 0.5) is 15.0 Å². The number of piperazine rings is 1. The first-order valence-corrected chi connectivity index (χ1v) is 13.1. The van der Waals surface area contributed by atoms with Gasteiger partial charge in [0.1, 0.15) is 17.2 Å². The van der Waals surface area contributed by atoms with Gasteiger partial charge in [-0.1, -0.05) is 35.9 Å². The number of aromatic amines is 1. The van der Waals surface area contributed by atoms with Crippen LogP contribution in [-0.4, -0.2) is 57.3 Å². The number of anilines is 1. The maximum atomic E-state index is 16.2. The molecule has 0 unspecified atom stereocenters. The first-order valence-electron chi connectivity index (χ1n) is 12.7. The lowest BCUT2D eigenvalue weighted by Crippen LogP contribution is -2.56. The van der Waals surface area contributed by atoms with E-state index in [1.54, 1.807) is 49.9 Å². The van der Waals surface area contributed by atoms with Crippen molar-refractivity contribution in [3.63, 3.8) is 0 Å². The summed E-state index contributed by atoms with van der Waals surface area (Å²) in [5, 5.41) is 21.5. The molecule has 9 nitrogen and oxygen atoms in total. The van der Waals surface area contributed by atoms with E-state index in [9.17, 15) is 20.0 Å². The van der Waals surface area contributed by atoms with Gasteiger partial charge >= 0.3 is 11.8 Å². The van der Waals surface area contributed by atoms with E-state index < -0.39 is 29.2 Å². The number of benzene rings is 3. The van der Waals surface area contributed by atoms with E-state index in [-0.39, 0.29) is 59.1 Å². The first kappa shape index (κ1) is 27.2. The highest BCUT2D eigenvalue weighted by atomic mass is 35.5. The Balaban J connectivity index is 1.60. The molecule has 1 aliphatic rings. The fourth-order valence-corrected chi connectivity index (χ4v) is 5.38. The van der Waals surface area contributed by atoms with Gasteiger partial charge in [-0.25, -0.2) is 14.0 Å². The number of rotatable bonds is 3. The maximum absolute atomic E-state index is 16.2. The second kappa shape index (κ2) is 10.3. The number of phenolic OH excluding ortho intramolecular Hbond substituents is 1. The Morgan fingerprint density at radius 3 is 2.73 bits per heavy atom. The number of nitrogens with zero attached hydrogens (tertiary/aromatic N) is 4. The highest BCUT2D eigenvalue weighted by molar-refractivity contribution is 6.35. The Morgan fingerprint density at radius 1 is 1.25 bits per heavy atom. The van der Waals surface area contributed by atoms with Gasteiger partial charge < -0.3 is 24.6 Å². The van der Waals surface area contributed by atoms with Crippen molar-refractivity contribution in [1.82, 2.24) is 14.9 Å². The zero-order valence-electron chi connectivity index (χ0n) is 22.2. The molecule has 1 saturated heterocycles. The van der Waals surface area contributed by atoms with Crippen LogP contribution in [0.15, 0.2) is 47.3 Å². The van der Waals surface area contributed by atoms with Gasteiger partial charge in [0.15, 0.2) is 5.82 Å². The fourth-order valence-electron chi connectivity index (χ4n) is 5.09. The molecule has 3 aromatic carbocycles. The number of aromatic hydroxyl groups is 1. The van der Waals surface area contributed by atoms with E-state index in [1.165, 1.54) is 17.0 Å². The summed E-state index contributed by atoms with van der Waals surface area (Å²) in [6, 6.07) is 13.3. The first-order chi connectivity index (χ1) is 19.0. The highest BCUT2D eigenvalue weighted by Crippen LogP contribution is 2.41. The molecule has 1 amide bonds. The summed E-state index contributed by atoms with van der Waals surface area (Å²) >= 11 is 6.68. The van der Waals surface area contributed by atoms with Crippen molar-refractivity contribution >= 4 is 45.2 Å². The summed E-state index contributed by atoms with van der Waals surface area (Å²) in [5.41, 5.74) is -1.15. The number of amides is 1. The van der Waals surface area contributed by atoms with Gasteiger partial charge in [-0.2, -0.15) is 10.2 Å². The van der Waals surface area contributed by atoms with Crippen LogP contribution in [0.1, 0.15) is 27.2 Å². The molecule has 0 radical (unpaired) electrons. The van der Waals surface area contributed by atoms with Crippen LogP contribution in [0.25, 0.3) is 32.8 Å². The van der Waals surface area contributed by atoms with E-state index in [2.05, 4.69) is 16.0 Å². The lowest BCUT2D eigenvalue weighted by atomic mass is 9.96. The summed E-state index contributed by atoms with van der Waals surface area (Å²) in [4.78, 5) is 35.4. The number of ether oxygens (including phenoxy) is 1. The van der Waals surface area contributed by atoms with Gasteiger partial charge in [-0.15, -0.1) is 0 Å². The predicted molar refractivity (Wildman–Crippen MR) is 151 cm³/mol. The quantitative estimate of drug-likeness (QED) is 0.333. The van der Waals surface area contributed by atoms with Gasteiger partial charge in [0.05, 0.1) is 29.1 Å². The van der Waals surface area contributed by atoms with Crippen molar-refractivity contribution in [2.75, 3.05) is 24.5 Å². The number of carbonyl (C=O) groups is 1. The molecule has 11 heteroatoms. The smallest absolute Gasteiger partial charge is 0.410 e. The molecule has 5 rings (SSSR count). The standard InChI is InChI=1S/C29H27ClFN5O4/c1-29(2,3)40-28(39)36-11-10-35(15-17(36)8-9-32)26-21-14-22(30)23(24(31)25(21)33-27(38)34-26)20-13-18(37)12-16-6-4-5-7-19(16)20/h4-7,12-14,17,37H,8,10-11,15H2,1-3H3,(H,33,34,38)/t17-/m0/s1.